The molecule has 0 aliphatic heterocycles. The zero-order chi connectivity index (χ0) is 14.0. The molecule has 19 heavy (non-hydrogen) atoms. The van der Waals surface area contributed by atoms with Gasteiger partial charge in [-0.25, -0.2) is 13.6 Å². The van der Waals surface area contributed by atoms with Crippen molar-refractivity contribution in [1.82, 2.24) is 0 Å². The van der Waals surface area contributed by atoms with Gasteiger partial charge in [-0.1, -0.05) is 17.7 Å². The molecule has 6 heteroatoms. The number of carboxylic acid groups (broad SMARTS) is 1. The van der Waals surface area contributed by atoms with Gasteiger partial charge in [0, 0.05) is 5.02 Å². The molecule has 0 aromatic heterocycles. The van der Waals surface area contributed by atoms with Gasteiger partial charge >= 0.3 is 5.97 Å². The minimum Gasteiger partial charge on any atom is -0.478 e. The maximum atomic E-state index is 13.5. The van der Waals surface area contributed by atoms with E-state index in [9.17, 15) is 13.6 Å². The largest absolute Gasteiger partial charge is 0.478 e. The maximum Gasteiger partial charge on any atom is 0.337 e. The Kier molecular flexibility index (Phi) is 3.66. The Bertz CT molecular complexity index is 626. The highest BCUT2D eigenvalue weighted by molar-refractivity contribution is 6.31. The van der Waals surface area contributed by atoms with Crippen LogP contribution in [0.25, 0.3) is 0 Å². The Morgan fingerprint density at radius 3 is 2.37 bits per heavy atom. The van der Waals surface area contributed by atoms with Gasteiger partial charge in [-0.05, 0) is 30.3 Å². The first-order valence-corrected chi connectivity index (χ1v) is 5.60. The van der Waals surface area contributed by atoms with E-state index < -0.39 is 23.3 Å². The second-order valence-electron chi connectivity index (χ2n) is 3.72. The van der Waals surface area contributed by atoms with Crippen LogP contribution < -0.4 is 5.32 Å². The van der Waals surface area contributed by atoms with E-state index in [-0.39, 0.29) is 16.3 Å². The molecular weight excluding hydrogens is 276 g/mol. The summed E-state index contributed by atoms with van der Waals surface area (Å²) in [5.41, 5.74) is -0.525. The van der Waals surface area contributed by atoms with E-state index in [1.807, 2.05) is 0 Å². The Morgan fingerprint density at radius 1 is 1.16 bits per heavy atom. The number of hydrogen-bond donors (Lipinski definition) is 2. The minimum absolute atomic E-state index is 0.0564. The Labute approximate surface area is 112 Å². The van der Waals surface area contributed by atoms with Crippen LogP contribution in [-0.2, 0) is 0 Å². The molecule has 0 radical (unpaired) electrons. The van der Waals surface area contributed by atoms with Crippen LogP contribution in [0, 0.1) is 11.6 Å². The van der Waals surface area contributed by atoms with Crippen LogP contribution in [0.1, 0.15) is 10.4 Å². The van der Waals surface area contributed by atoms with Crippen molar-refractivity contribution in [2.24, 2.45) is 0 Å². The number of para-hydroxylation sites is 1. The lowest BCUT2D eigenvalue weighted by Crippen LogP contribution is -2.04. The highest BCUT2D eigenvalue weighted by Crippen LogP contribution is 2.27. The molecule has 0 unspecified atom stereocenters. The van der Waals surface area contributed by atoms with Crippen molar-refractivity contribution < 1.29 is 18.7 Å². The molecule has 0 atom stereocenters. The van der Waals surface area contributed by atoms with Gasteiger partial charge in [0.05, 0.1) is 11.3 Å². The van der Waals surface area contributed by atoms with E-state index in [1.54, 1.807) is 0 Å². The van der Waals surface area contributed by atoms with Crippen LogP contribution in [0.4, 0.5) is 20.2 Å². The van der Waals surface area contributed by atoms with E-state index in [0.717, 1.165) is 12.1 Å². The first-order valence-electron chi connectivity index (χ1n) is 5.23. The normalized spacial score (nSPS) is 10.3. The molecule has 3 nitrogen and oxygen atoms in total. The van der Waals surface area contributed by atoms with Gasteiger partial charge in [-0.15, -0.1) is 0 Å². The topological polar surface area (TPSA) is 49.3 Å². The summed E-state index contributed by atoms with van der Waals surface area (Å²) in [7, 11) is 0. The molecule has 0 fully saturated rings. The maximum absolute atomic E-state index is 13.5. The Balaban J connectivity index is 2.47. The number of halogens is 3. The molecule has 2 rings (SSSR count). The predicted molar refractivity (Wildman–Crippen MR) is 68.1 cm³/mol. The fourth-order valence-electron chi connectivity index (χ4n) is 1.55. The van der Waals surface area contributed by atoms with E-state index in [0.29, 0.717) is 0 Å². The Morgan fingerprint density at radius 2 is 1.79 bits per heavy atom. The molecule has 0 spiro atoms. The molecular formula is C13H8ClF2NO2. The second kappa shape index (κ2) is 5.24. The smallest absolute Gasteiger partial charge is 0.337 e. The molecule has 0 saturated heterocycles. The third-order valence-electron chi connectivity index (χ3n) is 2.43. The van der Waals surface area contributed by atoms with Gasteiger partial charge in [-0.3, -0.25) is 0 Å². The quantitative estimate of drug-likeness (QED) is 0.893. The summed E-state index contributed by atoms with van der Waals surface area (Å²) >= 11 is 5.69. The highest BCUT2D eigenvalue weighted by atomic mass is 35.5. The average Bonchev–Trinajstić information content (AvgIpc) is 2.35. The Hall–Kier alpha value is -2.14. The van der Waals surface area contributed by atoms with Crippen molar-refractivity contribution in [3.8, 4) is 0 Å². The molecule has 0 aliphatic rings. The molecule has 0 heterocycles. The number of aromatic carboxylic acids is 1. The first kappa shape index (κ1) is 13.3. The van der Waals surface area contributed by atoms with Gasteiger partial charge < -0.3 is 10.4 Å². The molecule has 0 aliphatic carbocycles. The van der Waals surface area contributed by atoms with Gasteiger partial charge in [-0.2, -0.15) is 0 Å². The van der Waals surface area contributed by atoms with Crippen molar-refractivity contribution in [2.75, 3.05) is 5.32 Å². The summed E-state index contributed by atoms with van der Waals surface area (Å²) in [5.74, 6) is -2.88. The number of rotatable bonds is 3. The third kappa shape index (κ3) is 2.82. The average molecular weight is 284 g/mol. The van der Waals surface area contributed by atoms with Gasteiger partial charge in [0.1, 0.15) is 17.3 Å². The zero-order valence-corrected chi connectivity index (χ0v) is 10.2. The SMILES string of the molecule is O=C(O)c1cc(Cl)ccc1Nc1c(F)cccc1F. The fourth-order valence-corrected chi connectivity index (χ4v) is 1.73. The number of carbonyl (C=O) groups is 1. The van der Waals surface area contributed by atoms with E-state index in [1.165, 1.54) is 24.3 Å². The van der Waals surface area contributed by atoms with Gasteiger partial charge in [0.25, 0.3) is 0 Å². The summed E-state index contributed by atoms with van der Waals surface area (Å²) in [6.07, 6.45) is 0. The zero-order valence-electron chi connectivity index (χ0n) is 9.45. The number of anilines is 2. The molecule has 0 amide bonds. The molecule has 2 aromatic rings. The highest BCUT2D eigenvalue weighted by Gasteiger charge is 2.14. The lowest BCUT2D eigenvalue weighted by Gasteiger charge is -2.11. The monoisotopic (exact) mass is 283 g/mol. The van der Waals surface area contributed by atoms with Crippen molar-refractivity contribution in [2.45, 2.75) is 0 Å². The number of hydrogen-bond acceptors (Lipinski definition) is 2. The summed E-state index contributed by atoms with van der Waals surface area (Å²) in [6, 6.07) is 7.33. The summed E-state index contributed by atoms with van der Waals surface area (Å²) in [4.78, 5) is 11.0. The van der Waals surface area contributed by atoms with Crippen molar-refractivity contribution in [1.29, 1.82) is 0 Å². The van der Waals surface area contributed by atoms with Crippen LogP contribution in [0.15, 0.2) is 36.4 Å². The van der Waals surface area contributed by atoms with Gasteiger partial charge in [0.2, 0.25) is 0 Å². The molecule has 2 N–H and O–H groups in total. The first-order chi connectivity index (χ1) is 8.99. The van der Waals surface area contributed by atoms with Crippen molar-refractivity contribution in [3.63, 3.8) is 0 Å². The summed E-state index contributed by atoms with van der Waals surface area (Å²) < 4.78 is 26.9. The van der Waals surface area contributed by atoms with Gasteiger partial charge in [0.15, 0.2) is 0 Å². The lowest BCUT2D eigenvalue weighted by molar-refractivity contribution is 0.0698. The van der Waals surface area contributed by atoms with Crippen LogP contribution in [0.3, 0.4) is 0 Å². The molecule has 0 bridgehead atoms. The summed E-state index contributed by atoms with van der Waals surface area (Å²) in [5, 5.41) is 11.7. The predicted octanol–water partition coefficient (Wildman–Crippen LogP) is 4.06. The molecule has 0 saturated carbocycles. The number of carboxylic acids is 1. The number of nitrogens with one attached hydrogen (secondary N) is 1. The van der Waals surface area contributed by atoms with E-state index in [4.69, 9.17) is 16.7 Å². The van der Waals surface area contributed by atoms with Crippen LogP contribution >= 0.6 is 11.6 Å². The van der Waals surface area contributed by atoms with Crippen LogP contribution in [0.2, 0.25) is 5.02 Å². The van der Waals surface area contributed by atoms with Crippen LogP contribution in [0.5, 0.6) is 0 Å². The minimum atomic E-state index is -1.25. The molecule has 98 valence electrons. The lowest BCUT2D eigenvalue weighted by atomic mass is 10.1. The fraction of sp³-hybridized carbons (Fsp3) is 0. The van der Waals surface area contributed by atoms with E-state index >= 15 is 0 Å². The summed E-state index contributed by atoms with van der Waals surface area (Å²) in [6.45, 7) is 0. The second-order valence-corrected chi connectivity index (χ2v) is 4.15. The molecule has 2 aromatic carbocycles. The van der Waals surface area contributed by atoms with Crippen LogP contribution in [-0.4, -0.2) is 11.1 Å². The standard InChI is InChI=1S/C13H8ClF2NO2/c14-7-4-5-11(8(6-7)13(18)19)17-12-9(15)2-1-3-10(12)16/h1-6,17H,(H,18,19). The third-order valence-corrected chi connectivity index (χ3v) is 2.67. The van der Waals surface area contributed by atoms with E-state index in [2.05, 4.69) is 5.32 Å². The van der Waals surface area contributed by atoms with Crippen molar-refractivity contribution >= 4 is 28.9 Å². The van der Waals surface area contributed by atoms with Crippen molar-refractivity contribution in [3.05, 3.63) is 58.6 Å². The number of benzene rings is 2.